The van der Waals surface area contributed by atoms with Gasteiger partial charge in [0.2, 0.25) is 5.55 Å². The third-order valence-electron chi connectivity index (χ3n) is 4.17. The van der Waals surface area contributed by atoms with Gasteiger partial charge in [0.25, 0.3) is 5.91 Å². The first-order valence-electron chi connectivity index (χ1n) is 8.78. The van der Waals surface area contributed by atoms with E-state index in [1.165, 1.54) is 11.3 Å². The van der Waals surface area contributed by atoms with E-state index in [2.05, 4.69) is 15.3 Å². The molecule has 1 amide bonds. The van der Waals surface area contributed by atoms with Crippen molar-refractivity contribution in [3.05, 3.63) is 70.2 Å². The number of fused-ring (bicyclic) bond motifs is 1. The maximum Gasteiger partial charge on any atom is 0.262 e. The summed E-state index contributed by atoms with van der Waals surface area (Å²) in [5.41, 5.74) is 1.42. The van der Waals surface area contributed by atoms with E-state index in [9.17, 15) is 4.79 Å². The smallest absolute Gasteiger partial charge is 0.262 e. The zero-order chi connectivity index (χ0) is 21.1. The lowest BCUT2D eigenvalue weighted by Crippen LogP contribution is -2.21. The molecule has 4 aromatic rings. The fourth-order valence-electron chi connectivity index (χ4n) is 2.77. The molecule has 0 aliphatic heterocycles. The van der Waals surface area contributed by atoms with Crippen LogP contribution in [0, 0.1) is 0 Å². The molecule has 0 saturated heterocycles. The van der Waals surface area contributed by atoms with Gasteiger partial charge in [0.15, 0.2) is 5.13 Å². The molecule has 0 atom stereocenters. The lowest BCUT2D eigenvalue weighted by Gasteiger charge is -2.07. The molecule has 30 heavy (non-hydrogen) atoms. The minimum absolute atomic E-state index is 0.134. The van der Waals surface area contributed by atoms with Gasteiger partial charge >= 0.3 is 0 Å². The topological polar surface area (TPSA) is 86.0 Å². The number of aromatic nitrogens is 1. The second-order valence-corrected chi connectivity index (χ2v) is 7.45. The number of hydrogen-bond donors (Lipinski definition) is 1. The Kier molecular flexibility index (Phi) is 5.69. The van der Waals surface area contributed by atoms with E-state index in [0.717, 1.165) is 0 Å². The van der Waals surface area contributed by atoms with Crippen LogP contribution in [0.4, 0.5) is 10.8 Å². The molecule has 0 bridgehead atoms. The number of anilines is 1. The molecule has 9 heteroatoms. The summed E-state index contributed by atoms with van der Waals surface area (Å²) in [5, 5.41) is 6.21. The Labute approximate surface area is 180 Å². The summed E-state index contributed by atoms with van der Waals surface area (Å²) >= 11 is 7.41. The van der Waals surface area contributed by atoms with E-state index in [-0.39, 0.29) is 11.1 Å². The lowest BCUT2D eigenvalue weighted by molar-refractivity contribution is 0.102. The van der Waals surface area contributed by atoms with Crippen LogP contribution in [0.25, 0.3) is 11.0 Å². The highest BCUT2D eigenvalue weighted by Crippen LogP contribution is 2.28. The lowest BCUT2D eigenvalue weighted by atomic mass is 10.1. The molecule has 1 N–H and O–H groups in total. The molecule has 152 valence electrons. The van der Waals surface area contributed by atoms with E-state index in [4.69, 9.17) is 25.5 Å². The molecule has 0 radical (unpaired) electrons. The second-order valence-electron chi connectivity index (χ2n) is 6.12. The average Bonchev–Trinajstić information content (AvgIpc) is 3.26. The van der Waals surface area contributed by atoms with Gasteiger partial charge in [0, 0.05) is 40.2 Å². The van der Waals surface area contributed by atoms with Gasteiger partial charge in [0.1, 0.15) is 22.6 Å². The van der Waals surface area contributed by atoms with Crippen LogP contribution in [0.3, 0.4) is 0 Å². The maximum absolute atomic E-state index is 13.0. The van der Waals surface area contributed by atoms with Crippen LogP contribution in [0.1, 0.15) is 10.4 Å². The van der Waals surface area contributed by atoms with E-state index in [1.807, 2.05) is 0 Å². The van der Waals surface area contributed by atoms with Gasteiger partial charge in [-0.2, -0.15) is 0 Å². The number of benzene rings is 2. The monoisotopic (exact) mass is 441 g/mol. The molecule has 0 aliphatic rings. The van der Waals surface area contributed by atoms with Gasteiger partial charge < -0.3 is 13.9 Å². The Morgan fingerprint density at radius 2 is 1.90 bits per heavy atom. The first-order valence-corrected chi connectivity index (χ1v) is 10.0. The van der Waals surface area contributed by atoms with Crippen LogP contribution >= 0.6 is 22.9 Å². The number of methoxy groups -OCH3 is 2. The Bertz CT molecular complexity index is 1260. The van der Waals surface area contributed by atoms with E-state index >= 15 is 0 Å². The van der Waals surface area contributed by atoms with Crippen molar-refractivity contribution < 1.29 is 18.7 Å². The highest BCUT2D eigenvalue weighted by atomic mass is 35.5. The van der Waals surface area contributed by atoms with Crippen LogP contribution in [-0.4, -0.2) is 25.1 Å². The molecule has 2 aromatic heterocycles. The van der Waals surface area contributed by atoms with Gasteiger partial charge in [0.05, 0.1) is 19.9 Å². The zero-order valence-electron chi connectivity index (χ0n) is 16.0. The van der Waals surface area contributed by atoms with Crippen LogP contribution < -0.4 is 20.3 Å². The Hall–Kier alpha value is -3.36. The third kappa shape index (κ3) is 4.29. The molecule has 0 unspecified atom stereocenters. The normalized spacial score (nSPS) is 11.5. The number of ether oxygens (including phenoxy) is 2. The van der Waals surface area contributed by atoms with Crippen molar-refractivity contribution in [2.45, 2.75) is 0 Å². The van der Waals surface area contributed by atoms with Gasteiger partial charge in [-0.25, -0.2) is 9.98 Å². The Morgan fingerprint density at radius 1 is 1.13 bits per heavy atom. The highest BCUT2D eigenvalue weighted by Gasteiger charge is 2.15. The predicted molar refractivity (Wildman–Crippen MR) is 116 cm³/mol. The number of halogens is 1. The number of carbonyl (C=O) groups is 1. The fraction of sp³-hybridized carbons (Fsp3) is 0.0952. The van der Waals surface area contributed by atoms with Gasteiger partial charge in [-0.15, -0.1) is 11.3 Å². The molecule has 0 spiro atoms. The second kappa shape index (κ2) is 8.56. The number of amides is 1. The number of nitrogens with zero attached hydrogens (tertiary/aromatic N) is 2. The largest absolute Gasteiger partial charge is 0.497 e. The first kappa shape index (κ1) is 19.9. The molecule has 0 fully saturated rings. The molecule has 2 aromatic carbocycles. The summed E-state index contributed by atoms with van der Waals surface area (Å²) in [6.07, 6.45) is 1.61. The molecular weight excluding hydrogens is 426 g/mol. The van der Waals surface area contributed by atoms with Crippen molar-refractivity contribution in [2.24, 2.45) is 4.99 Å². The minimum atomic E-state index is -0.399. The summed E-state index contributed by atoms with van der Waals surface area (Å²) in [4.78, 5) is 21.6. The highest BCUT2D eigenvalue weighted by molar-refractivity contribution is 7.13. The fourth-order valence-corrected chi connectivity index (χ4v) is 3.48. The van der Waals surface area contributed by atoms with Gasteiger partial charge in [-0.3, -0.25) is 10.1 Å². The quantitative estimate of drug-likeness (QED) is 0.468. The molecule has 7 nitrogen and oxygen atoms in total. The van der Waals surface area contributed by atoms with Crippen molar-refractivity contribution >= 4 is 50.6 Å². The number of carbonyl (C=O) groups excluding carboxylic acids is 1. The Balaban J connectivity index is 1.89. The summed E-state index contributed by atoms with van der Waals surface area (Å²) in [5.74, 6) is 0.730. The predicted octanol–water partition coefficient (Wildman–Crippen LogP) is 5.04. The molecule has 4 rings (SSSR count). The summed E-state index contributed by atoms with van der Waals surface area (Å²) < 4.78 is 16.5. The van der Waals surface area contributed by atoms with E-state index < -0.39 is 5.91 Å². The first-order chi connectivity index (χ1) is 14.6. The van der Waals surface area contributed by atoms with Gasteiger partial charge in [-0.1, -0.05) is 11.6 Å². The minimum Gasteiger partial charge on any atom is -0.497 e. The van der Waals surface area contributed by atoms with Crippen molar-refractivity contribution in [1.82, 2.24) is 4.98 Å². The number of hydrogen-bond acceptors (Lipinski definition) is 7. The van der Waals surface area contributed by atoms with Crippen molar-refractivity contribution in [1.29, 1.82) is 0 Å². The standard InChI is InChI=1S/C21H16ClN3O4S/c1-27-15-9-14(10-16(11-15)28-2)24-20-17(19(26)25-21-23-5-6-30-21)8-12-7-13(22)3-4-18(12)29-20/h3-11H,1-2H3,(H,23,25,26). The molecular formula is C21H16ClN3O4S. The number of thiazole rings is 1. The summed E-state index contributed by atoms with van der Waals surface area (Å²) in [7, 11) is 3.10. The van der Waals surface area contributed by atoms with E-state index in [1.54, 1.807) is 68.3 Å². The van der Waals surface area contributed by atoms with Crippen molar-refractivity contribution in [2.75, 3.05) is 19.5 Å². The third-order valence-corrected chi connectivity index (χ3v) is 5.10. The van der Waals surface area contributed by atoms with Crippen molar-refractivity contribution in [3.63, 3.8) is 0 Å². The molecule has 2 heterocycles. The average molecular weight is 442 g/mol. The molecule has 0 aliphatic carbocycles. The van der Waals surface area contributed by atoms with Crippen molar-refractivity contribution in [3.8, 4) is 11.5 Å². The SMILES string of the molecule is COc1cc(N=c2oc3ccc(Cl)cc3cc2C(=O)Nc2nccs2)cc(OC)c1. The molecule has 0 saturated carbocycles. The number of rotatable bonds is 5. The maximum atomic E-state index is 13.0. The van der Waals surface area contributed by atoms with Crippen LogP contribution in [0.5, 0.6) is 11.5 Å². The summed E-state index contributed by atoms with van der Waals surface area (Å²) in [6.45, 7) is 0. The van der Waals surface area contributed by atoms with Crippen LogP contribution in [0.15, 0.2) is 63.5 Å². The van der Waals surface area contributed by atoms with Crippen LogP contribution in [-0.2, 0) is 0 Å². The Morgan fingerprint density at radius 3 is 2.57 bits per heavy atom. The van der Waals surface area contributed by atoms with Gasteiger partial charge in [-0.05, 0) is 24.3 Å². The summed E-state index contributed by atoms with van der Waals surface area (Å²) in [6, 6.07) is 12.0. The number of nitrogens with one attached hydrogen (secondary N) is 1. The van der Waals surface area contributed by atoms with E-state index in [0.29, 0.717) is 38.3 Å². The zero-order valence-corrected chi connectivity index (χ0v) is 17.6. The van der Waals surface area contributed by atoms with Crippen LogP contribution in [0.2, 0.25) is 5.02 Å².